The summed E-state index contributed by atoms with van der Waals surface area (Å²) in [6, 6.07) is 11.8. The number of hydrogen-bond acceptors (Lipinski definition) is 6. The zero-order valence-electron chi connectivity index (χ0n) is 21.4. The summed E-state index contributed by atoms with van der Waals surface area (Å²) in [4.78, 5) is 38.8. The zero-order valence-corrected chi connectivity index (χ0v) is 22.2. The molecule has 37 heavy (non-hydrogen) atoms. The molecule has 1 saturated carbocycles. The van der Waals surface area contributed by atoms with E-state index in [4.69, 9.17) is 0 Å². The van der Waals surface area contributed by atoms with E-state index in [1.165, 1.54) is 23.1 Å². The Hall–Kier alpha value is -3.47. The highest BCUT2D eigenvalue weighted by atomic mass is 32.2. The lowest BCUT2D eigenvalue weighted by Gasteiger charge is -2.33. The van der Waals surface area contributed by atoms with Crippen molar-refractivity contribution in [2.45, 2.75) is 64.6 Å². The summed E-state index contributed by atoms with van der Waals surface area (Å²) >= 11 is 0. The van der Waals surface area contributed by atoms with Gasteiger partial charge in [-0.25, -0.2) is 8.42 Å². The van der Waals surface area contributed by atoms with Crippen molar-refractivity contribution in [1.29, 1.82) is 0 Å². The van der Waals surface area contributed by atoms with E-state index in [2.05, 4.69) is 5.32 Å². The predicted molar refractivity (Wildman–Crippen MR) is 141 cm³/mol. The molecule has 0 radical (unpaired) electrons. The maximum Gasteiger partial charge on any atom is 0.271 e. The molecule has 0 aliphatic heterocycles. The maximum atomic E-state index is 13.7. The molecule has 1 fully saturated rings. The number of hydrogen-bond donors (Lipinski definition) is 1. The van der Waals surface area contributed by atoms with Gasteiger partial charge in [-0.15, -0.1) is 0 Å². The van der Waals surface area contributed by atoms with E-state index in [-0.39, 0.29) is 29.9 Å². The van der Waals surface area contributed by atoms with Crippen molar-refractivity contribution >= 4 is 33.2 Å². The molecule has 0 bridgehead atoms. The van der Waals surface area contributed by atoms with Crippen LogP contribution in [0.3, 0.4) is 0 Å². The van der Waals surface area contributed by atoms with Crippen LogP contribution in [0.5, 0.6) is 0 Å². The normalized spacial score (nSPS) is 15.0. The van der Waals surface area contributed by atoms with Crippen LogP contribution in [0.2, 0.25) is 0 Å². The molecule has 1 aliphatic rings. The molecule has 2 amide bonds. The maximum absolute atomic E-state index is 13.7. The van der Waals surface area contributed by atoms with Crippen molar-refractivity contribution < 1.29 is 22.9 Å². The van der Waals surface area contributed by atoms with Gasteiger partial charge in [-0.3, -0.25) is 24.0 Å². The van der Waals surface area contributed by atoms with Gasteiger partial charge in [0.1, 0.15) is 12.6 Å². The molecule has 0 heterocycles. The second-order valence-corrected chi connectivity index (χ2v) is 11.4. The minimum absolute atomic E-state index is 0.000187. The van der Waals surface area contributed by atoms with Gasteiger partial charge in [0.05, 0.1) is 16.9 Å². The standard InChI is InChI=1S/C26H34N4O6S/c1-19-10-7-8-11-21(19)17-28(20(2)26(32)27-22-12-5-4-6-13-22)25(31)18-29(37(3,35)36)23-14-9-15-24(16-23)30(33)34/h7-11,14-16,20,22H,4-6,12-13,17-18H2,1-3H3,(H,27,32)/t20-/m0/s1. The van der Waals surface area contributed by atoms with E-state index in [1.807, 2.05) is 31.2 Å². The van der Waals surface area contributed by atoms with E-state index in [1.54, 1.807) is 6.92 Å². The predicted octanol–water partition coefficient (Wildman–Crippen LogP) is 3.54. The second-order valence-electron chi connectivity index (χ2n) is 9.51. The van der Waals surface area contributed by atoms with Crippen LogP contribution in [0, 0.1) is 17.0 Å². The Kier molecular flexibility index (Phi) is 9.25. The van der Waals surface area contributed by atoms with Gasteiger partial charge in [0.15, 0.2) is 0 Å². The topological polar surface area (TPSA) is 130 Å². The fourth-order valence-electron chi connectivity index (χ4n) is 4.50. The zero-order chi connectivity index (χ0) is 27.2. The van der Waals surface area contributed by atoms with Crippen molar-refractivity contribution in [3.05, 3.63) is 69.8 Å². The van der Waals surface area contributed by atoms with E-state index in [9.17, 15) is 28.1 Å². The molecule has 2 aromatic carbocycles. The highest BCUT2D eigenvalue weighted by molar-refractivity contribution is 7.92. The molecular weight excluding hydrogens is 496 g/mol. The minimum atomic E-state index is -3.98. The third-order valence-electron chi connectivity index (χ3n) is 6.73. The smallest absolute Gasteiger partial charge is 0.271 e. The fourth-order valence-corrected chi connectivity index (χ4v) is 5.34. The van der Waals surface area contributed by atoms with Crippen LogP contribution >= 0.6 is 0 Å². The number of non-ortho nitro benzene ring substituents is 1. The molecule has 0 saturated heterocycles. The van der Waals surface area contributed by atoms with Crippen molar-refractivity contribution in [3.63, 3.8) is 0 Å². The number of sulfonamides is 1. The SMILES string of the molecule is Cc1ccccc1CN(C(=O)CN(c1cccc([N+](=O)[O-])c1)S(C)(=O)=O)[C@@H](C)C(=O)NC1CCCCC1. The number of nitrogens with zero attached hydrogens (tertiary/aromatic N) is 3. The highest BCUT2D eigenvalue weighted by Crippen LogP contribution is 2.24. The second kappa shape index (κ2) is 12.2. The summed E-state index contributed by atoms with van der Waals surface area (Å²) in [7, 11) is -3.98. The number of aryl methyl sites for hydroxylation is 1. The Morgan fingerprint density at radius 2 is 1.78 bits per heavy atom. The number of rotatable bonds is 10. The minimum Gasteiger partial charge on any atom is -0.352 e. The van der Waals surface area contributed by atoms with Crippen molar-refractivity contribution in [2.75, 3.05) is 17.1 Å². The summed E-state index contributed by atoms with van der Waals surface area (Å²) in [5.74, 6) is -0.887. The third-order valence-corrected chi connectivity index (χ3v) is 7.87. The van der Waals surface area contributed by atoms with Gasteiger partial charge in [-0.05, 0) is 43.9 Å². The Balaban J connectivity index is 1.91. The first-order chi connectivity index (χ1) is 17.5. The van der Waals surface area contributed by atoms with Crippen LogP contribution in [-0.4, -0.2) is 54.9 Å². The number of nitro groups is 1. The quantitative estimate of drug-likeness (QED) is 0.369. The summed E-state index contributed by atoms with van der Waals surface area (Å²) in [5, 5.41) is 14.3. The van der Waals surface area contributed by atoms with Gasteiger partial charge < -0.3 is 10.2 Å². The van der Waals surface area contributed by atoms with Gasteiger partial charge in [0, 0.05) is 24.7 Å². The molecule has 1 aliphatic carbocycles. The number of nitro benzene ring substituents is 1. The van der Waals surface area contributed by atoms with E-state index < -0.39 is 33.4 Å². The number of carbonyl (C=O) groups is 2. The lowest BCUT2D eigenvalue weighted by atomic mass is 9.95. The number of benzene rings is 2. The molecule has 11 heteroatoms. The van der Waals surface area contributed by atoms with E-state index >= 15 is 0 Å². The lowest BCUT2D eigenvalue weighted by Crippen LogP contribution is -2.53. The molecule has 3 rings (SSSR count). The molecule has 2 aromatic rings. The van der Waals surface area contributed by atoms with Crippen LogP contribution in [0.1, 0.15) is 50.2 Å². The van der Waals surface area contributed by atoms with Gasteiger partial charge in [-0.1, -0.05) is 49.6 Å². The van der Waals surface area contributed by atoms with Crippen LogP contribution in [0.25, 0.3) is 0 Å². The summed E-state index contributed by atoms with van der Waals surface area (Å²) in [5.41, 5.74) is 1.46. The number of amides is 2. The van der Waals surface area contributed by atoms with E-state index in [0.717, 1.165) is 59.9 Å². The first kappa shape index (κ1) is 28.1. The summed E-state index contributed by atoms with van der Waals surface area (Å²) < 4.78 is 26.1. The van der Waals surface area contributed by atoms with Crippen LogP contribution in [-0.2, 0) is 26.2 Å². The molecule has 10 nitrogen and oxygen atoms in total. The van der Waals surface area contributed by atoms with Gasteiger partial charge in [0.25, 0.3) is 5.69 Å². The van der Waals surface area contributed by atoms with Crippen LogP contribution in [0.15, 0.2) is 48.5 Å². The summed E-state index contributed by atoms with van der Waals surface area (Å²) in [6.07, 6.45) is 5.93. The van der Waals surface area contributed by atoms with Gasteiger partial charge in [-0.2, -0.15) is 0 Å². The average molecular weight is 531 g/mol. The number of carbonyl (C=O) groups excluding carboxylic acids is 2. The molecule has 1 N–H and O–H groups in total. The van der Waals surface area contributed by atoms with Crippen molar-refractivity contribution in [3.8, 4) is 0 Å². The molecule has 0 aromatic heterocycles. The first-order valence-corrected chi connectivity index (χ1v) is 14.2. The fraction of sp³-hybridized carbons (Fsp3) is 0.462. The molecule has 0 unspecified atom stereocenters. The molecular formula is C26H34N4O6S. The molecule has 1 atom stereocenters. The van der Waals surface area contributed by atoms with Crippen molar-refractivity contribution in [2.24, 2.45) is 0 Å². The molecule has 200 valence electrons. The van der Waals surface area contributed by atoms with E-state index in [0.29, 0.717) is 0 Å². The van der Waals surface area contributed by atoms with Crippen LogP contribution in [0.4, 0.5) is 11.4 Å². The molecule has 0 spiro atoms. The Labute approximate surface area is 217 Å². The largest absolute Gasteiger partial charge is 0.352 e. The highest BCUT2D eigenvalue weighted by Gasteiger charge is 2.31. The number of nitrogens with one attached hydrogen (secondary N) is 1. The average Bonchev–Trinajstić information content (AvgIpc) is 2.86. The van der Waals surface area contributed by atoms with Crippen LogP contribution < -0.4 is 9.62 Å². The third kappa shape index (κ3) is 7.51. The monoisotopic (exact) mass is 530 g/mol. The lowest BCUT2D eigenvalue weighted by molar-refractivity contribution is -0.384. The van der Waals surface area contributed by atoms with Gasteiger partial charge >= 0.3 is 0 Å². The summed E-state index contributed by atoms with van der Waals surface area (Å²) in [6.45, 7) is 3.04. The Morgan fingerprint density at radius 1 is 1.11 bits per heavy atom. The van der Waals surface area contributed by atoms with Gasteiger partial charge in [0.2, 0.25) is 21.8 Å². The Bertz CT molecular complexity index is 1240. The Morgan fingerprint density at radius 3 is 2.41 bits per heavy atom. The van der Waals surface area contributed by atoms with Crippen molar-refractivity contribution in [1.82, 2.24) is 10.2 Å². The number of anilines is 1. The first-order valence-electron chi connectivity index (χ1n) is 12.3.